The molecule has 0 aromatic heterocycles. The van der Waals surface area contributed by atoms with Crippen LogP contribution in [0.3, 0.4) is 0 Å². The Morgan fingerprint density at radius 1 is 1.10 bits per heavy atom. The average Bonchev–Trinajstić information content (AvgIpc) is 2.75. The molecule has 1 aromatic carbocycles. The van der Waals surface area contributed by atoms with Crippen molar-refractivity contribution in [1.82, 2.24) is 15.1 Å². The molecule has 2 aliphatic rings. The van der Waals surface area contributed by atoms with Gasteiger partial charge in [0.2, 0.25) is 17.7 Å². The molecule has 1 aromatic rings. The molecular formula is C21H28ClN3O5. The molecule has 0 aliphatic carbocycles. The van der Waals surface area contributed by atoms with Gasteiger partial charge in [-0.1, -0.05) is 11.6 Å². The number of carbonyl (C=O) groups is 3. The quantitative estimate of drug-likeness (QED) is 0.725. The van der Waals surface area contributed by atoms with Crippen LogP contribution in [0.4, 0.5) is 0 Å². The number of nitrogens with one attached hydrogen (secondary N) is 1. The van der Waals surface area contributed by atoms with Crippen LogP contribution in [0.15, 0.2) is 24.3 Å². The average molecular weight is 438 g/mol. The first kappa shape index (κ1) is 22.4. The van der Waals surface area contributed by atoms with Gasteiger partial charge in [-0.2, -0.15) is 0 Å². The monoisotopic (exact) mass is 437 g/mol. The summed E-state index contributed by atoms with van der Waals surface area (Å²) >= 11 is 5.95. The highest BCUT2D eigenvalue weighted by Gasteiger charge is 2.35. The standard InChI is InChI=1S/C21H28ClN3O5/c1-15(26)23-13-21(28)25-7-6-19(30-18-4-2-17(22)3-5-18)16(14-25)12-20(27)24-8-10-29-11-9-24/h2-5,16,19H,6-14H2,1H3,(H,23,26)/t16-,19-/m0/s1. The first-order valence-corrected chi connectivity index (χ1v) is 10.6. The second-order valence-corrected chi connectivity index (χ2v) is 8.04. The fourth-order valence-electron chi connectivity index (χ4n) is 3.75. The highest BCUT2D eigenvalue weighted by molar-refractivity contribution is 6.30. The minimum Gasteiger partial charge on any atom is -0.490 e. The maximum absolute atomic E-state index is 12.8. The number of hydrogen-bond acceptors (Lipinski definition) is 5. The molecule has 9 heteroatoms. The van der Waals surface area contributed by atoms with E-state index in [0.29, 0.717) is 63.0 Å². The van der Waals surface area contributed by atoms with E-state index in [1.165, 1.54) is 6.92 Å². The summed E-state index contributed by atoms with van der Waals surface area (Å²) < 4.78 is 11.5. The predicted molar refractivity (Wildman–Crippen MR) is 111 cm³/mol. The summed E-state index contributed by atoms with van der Waals surface area (Å²) in [4.78, 5) is 40.0. The Bertz CT molecular complexity index is 752. The van der Waals surface area contributed by atoms with Crippen molar-refractivity contribution < 1.29 is 23.9 Å². The number of rotatable bonds is 6. The fraction of sp³-hybridized carbons (Fsp3) is 0.571. The molecule has 3 amide bonds. The lowest BCUT2D eigenvalue weighted by molar-refractivity contribution is -0.141. The summed E-state index contributed by atoms with van der Waals surface area (Å²) in [5.74, 6) is 0.184. The van der Waals surface area contributed by atoms with Crippen molar-refractivity contribution in [3.05, 3.63) is 29.3 Å². The molecule has 8 nitrogen and oxygen atoms in total. The Labute approximate surface area is 181 Å². The number of halogens is 1. The lowest BCUT2D eigenvalue weighted by atomic mass is 9.90. The van der Waals surface area contributed by atoms with Crippen LogP contribution in [0, 0.1) is 5.92 Å². The normalized spacial score (nSPS) is 21.8. The number of amides is 3. The van der Waals surface area contributed by atoms with Gasteiger partial charge in [0.05, 0.1) is 19.8 Å². The summed E-state index contributed by atoms with van der Waals surface area (Å²) in [6.07, 6.45) is 0.707. The van der Waals surface area contributed by atoms with E-state index in [-0.39, 0.29) is 36.3 Å². The zero-order chi connectivity index (χ0) is 21.5. The van der Waals surface area contributed by atoms with Crippen molar-refractivity contribution in [1.29, 1.82) is 0 Å². The number of benzene rings is 1. The lowest BCUT2D eigenvalue weighted by Gasteiger charge is -2.39. The van der Waals surface area contributed by atoms with Crippen LogP contribution in [0.25, 0.3) is 0 Å². The topological polar surface area (TPSA) is 88.2 Å². The summed E-state index contributed by atoms with van der Waals surface area (Å²) in [6.45, 7) is 4.51. The highest BCUT2D eigenvalue weighted by atomic mass is 35.5. The highest BCUT2D eigenvalue weighted by Crippen LogP contribution is 2.27. The SMILES string of the molecule is CC(=O)NCC(=O)N1CC[C@H](Oc2ccc(Cl)cc2)[C@@H](CC(=O)N2CCOCC2)C1. The second kappa shape index (κ2) is 10.6. The van der Waals surface area contributed by atoms with Crippen molar-refractivity contribution in [2.75, 3.05) is 45.9 Å². The van der Waals surface area contributed by atoms with E-state index >= 15 is 0 Å². The van der Waals surface area contributed by atoms with Gasteiger partial charge in [0.1, 0.15) is 11.9 Å². The van der Waals surface area contributed by atoms with E-state index in [2.05, 4.69) is 5.32 Å². The van der Waals surface area contributed by atoms with Gasteiger partial charge in [-0.3, -0.25) is 14.4 Å². The summed E-state index contributed by atoms with van der Waals surface area (Å²) in [5, 5.41) is 3.17. The van der Waals surface area contributed by atoms with Gasteiger partial charge in [0.25, 0.3) is 0 Å². The van der Waals surface area contributed by atoms with Crippen molar-refractivity contribution in [3.63, 3.8) is 0 Å². The predicted octanol–water partition coefficient (Wildman–Crippen LogP) is 1.32. The zero-order valence-electron chi connectivity index (χ0n) is 17.1. The number of piperidine rings is 1. The van der Waals surface area contributed by atoms with E-state index in [9.17, 15) is 14.4 Å². The van der Waals surface area contributed by atoms with Crippen LogP contribution < -0.4 is 10.1 Å². The molecule has 2 heterocycles. The lowest BCUT2D eigenvalue weighted by Crippen LogP contribution is -2.52. The molecular weight excluding hydrogens is 410 g/mol. The Hall–Kier alpha value is -2.32. The Morgan fingerprint density at radius 2 is 1.80 bits per heavy atom. The van der Waals surface area contributed by atoms with Crippen molar-refractivity contribution in [2.24, 2.45) is 5.92 Å². The van der Waals surface area contributed by atoms with Gasteiger partial charge in [-0.05, 0) is 24.3 Å². The number of likely N-dealkylation sites (tertiary alicyclic amines) is 1. The van der Waals surface area contributed by atoms with Crippen LogP contribution in [0.1, 0.15) is 19.8 Å². The fourth-order valence-corrected chi connectivity index (χ4v) is 3.88. The largest absolute Gasteiger partial charge is 0.490 e. The number of nitrogens with zero attached hydrogens (tertiary/aromatic N) is 2. The minimum absolute atomic E-state index is 0.0395. The number of ether oxygens (including phenoxy) is 2. The molecule has 164 valence electrons. The van der Waals surface area contributed by atoms with E-state index in [1.807, 2.05) is 0 Å². The molecule has 1 N–H and O–H groups in total. The van der Waals surface area contributed by atoms with Crippen LogP contribution in [-0.4, -0.2) is 79.6 Å². The van der Waals surface area contributed by atoms with E-state index < -0.39 is 0 Å². The van der Waals surface area contributed by atoms with E-state index in [0.717, 1.165) is 0 Å². The van der Waals surface area contributed by atoms with E-state index in [4.69, 9.17) is 21.1 Å². The Kier molecular flexibility index (Phi) is 7.93. The van der Waals surface area contributed by atoms with Gasteiger partial charge in [-0.25, -0.2) is 0 Å². The van der Waals surface area contributed by atoms with Gasteiger partial charge < -0.3 is 24.6 Å². The van der Waals surface area contributed by atoms with Crippen LogP contribution in [0.5, 0.6) is 5.75 Å². The molecule has 0 spiro atoms. The molecule has 0 bridgehead atoms. The minimum atomic E-state index is -0.247. The Balaban J connectivity index is 1.67. The molecule has 0 unspecified atom stereocenters. The second-order valence-electron chi connectivity index (χ2n) is 7.61. The summed E-state index contributed by atoms with van der Waals surface area (Å²) in [7, 11) is 0. The third kappa shape index (κ3) is 6.34. The van der Waals surface area contributed by atoms with E-state index in [1.54, 1.807) is 34.1 Å². The van der Waals surface area contributed by atoms with Gasteiger partial charge in [0, 0.05) is 56.9 Å². The molecule has 3 rings (SSSR count). The third-order valence-corrected chi connectivity index (χ3v) is 5.66. The van der Waals surface area contributed by atoms with Crippen molar-refractivity contribution >= 4 is 29.3 Å². The zero-order valence-corrected chi connectivity index (χ0v) is 17.9. The van der Waals surface area contributed by atoms with Crippen LogP contribution >= 0.6 is 11.6 Å². The van der Waals surface area contributed by atoms with Gasteiger partial charge in [0.15, 0.2) is 0 Å². The third-order valence-electron chi connectivity index (χ3n) is 5.41. The number of morpholine rings is 1. The van der Waals surface area contributed by atoms with Crippen LogP contribution in [0.2, 0.25) is 5.02 Å². The molecule has 2 atom stereocenters. The first-order chi connectivity index (χ1) is 14.4. The molecule has 30 heavy (non-hydrogen) atoms. The summed E-state index contributed by atoms with van der Waals surface area (Å²) in [5.41, 5.74) is 0. The molecule has 2 saturated heterocycles. The van der Waals surface area contributed by atoms with Gasteiger partial charge in [-0.15, -0.1) is 0 Å². The Morgan fingerprint density at radius 3 is 2.47 bits per heavy atom. The maximum atomic E-state index is 12.8. The first-order valence-electron chi connectivity index (χ1n) is 10.2. The maximum Gasteiger partial charge on any atom is 0.241 e. The van der Waals surface area contributed by atoms with Crippen molar-refractivity contribution in [3.8, 4) is 5.75 Å². The smallest absolute Gasteiger partial charge is 0.241 e. The van der Waals surface area contributed by atoms with Crippen LogP contribution in [-0.2, 0) is 19.1 Å². The number of hydrogen-bond donors (Lipinski definition) is 1. The van der Waals surface area contributed by atoms with Crippen molar-refractivity contribution in [2.45, 2.75) is 25.9 Å². The molecule has 0 radical (unpaired) electrons. The number of carbonyl (C=O) groups excluding carboxylic acids is 3. The molecule has 0 saturated carbocycles. The molecule has 2 fully saturated rings. The summed E-state index contributed by atoms with van der Waals surface area (Å²) in [6, 6.07) is 7.13. The van der Waals surface area contributed by atoms with Gasteiger partial charge >= 0.3 is 0 Å². The molecule has 2 aliphatic heterocycles.